The first-order chi connectivity index (χ1) is 15.0. The second-order valence-electron chi connectivity index (χ2n) is 8.09. The molecule has 2 atom stereocenters. The van der Waals surface area contributed by atoms with Gasteiger partial charge in [-0.3, -0.25) is 14.5 Å². The van der Waals surface area contributed by atoms with Crippen LogP contribution < -0.4 is 10.9 Å². The first-order valence-electron chi connectivity index (χ1n) is 10.1. The van der Waals surface area contributed by atoms with Crippen LogP contribution in [0.4, 0.5) is 10.1 Å². The predicted molar refractivity (Wildman–Crippen MR) is 116 cm³/mol. The van der Waals surface area contributed by atoms with Crippen molar-refractivity contribution >= 4 is 23.2 Å². The molecule has 2 aromatic carbocycles. The molecular formula is C23H20ClFN4O2. The summed E-state index contributed by atoms with van der Waals surface area (Å²) < 4.78 is 16.0. The largest absolute Gasteiger partial charge is 0.335 e. The molecule has 8 heteroatoms. The standard InChI is InChI=1S/C23H20ClFN4O2/c24-16-6-7-20(25)14(8-16)9-28-10-15-11-29-13-19(23(31)27-21(29)18(15)12-28)22(30)26-17-4-2-1-3-5-17/h1-8,13,15,18H,9-12H2,(H,26,30). The lowest BCUT2D eigenvalue weighted by Crippen LogP contribution is -2.28. The molecule has 6 nitrogen and oxygen atoms in total. The van der Waals surface area contributed by atoms with Crippen molar-refractivity contribution in [3.05, 3.63) is 92.9 Å². The summed E-state index contributed by atoms with van der Waals surface area (Å²) in [5.74, 6) is 0.308. The number of anilines is 1. The SMILES string of the molecule is O=C(Nc1ccccc1)c1cn2c(nc1=O)C1CN(Cc3cc(Cl)ccc3F)CC1C2. The Labute approximate surface area is 183 Å². The number of carbonyl (C=O) groups is 1. The number of fused-ring (bicyclic) bond motifs is 3. The van der Waals surface area contributed by atoms with E-state index >= 15 is 0 Å². The van der Waals surface area contributed by atoms with Crippen molar-refractivity contribution in [1.82, 2.24) is 14.5 Å². The summed E-state index contributed by atoms with van der Waals surface area (Å²) in [6.45, 7) is 2.58. The number of para-hydroxylation sites is 1. The number of amides is 1. The molecule has 1 aromatic heterocycles. The molecular weight excluding hydrogens is 419 g/mol. The number of rotatable bonds is 4. The number of likely N-dealkylation sites (tertiary alicyclic amines) is 1. The first-order valence-corrected chi connectivity index (χ1v) is 10.5. The number of hydrogen-bond acceptors (Lipinski definition) is 4. The molecule has 1 N–H and O–H groups in total. The molecule has 0 spiro atoms. The highest BCUT2D eigenvalue weighted by Gasteiger charge is 2.41. The Kier molecular flexibility index (Phi) is 5.08. The highest BCUT2D eigenvalue weighted by Crippen LogP contribution is 2.38. The zero-order valence-corrected chi connectivity index (χ0v) is 17.3. The third-order valence-corrected chi connectivity index (χ3v) is 6.22. The van der Waals surface area contributed by atoms with Gasteiger partial charge in [0, 0.05) is 60.5 Å². The average molecular weight is 439 g/mol. The minimum atomic E-state index is -0.528. The second-order valence-corrected chi connectivity index (χ2v) is 8.52. The van der Waals surface area contributed by atoms with Crippen molar-refractivity contribution in [2.24, 2.45) is 5.92 Å². The average Bonchev–Trinajstić information content (AvgIpc) is 3.28. The maximum absolute atomic E-state index is 14.1. The summed E-state index contributed by atoms with van der Waals surface area (Å²) in [5, 5.41) is 3.25. The van der Waals surface area contributed by atoms with Gasteiger partial charge in [-0.15, -0.1) is 0 Å². The highest BCUT2D eigenvalue weighted by molar-refractivity contribution is 6.30. The Morgan fingerprint density at radius 3 is 2.77 bits per heavy atom. The molecule has 158 valence electrons. The number of aromatic nitrogens is 2. The number of nitrogens with zero attached hydrogens (tertiary/aromatic N) is 3. The third-order valence-electron chi connectivity index (χ3n) is 5.98. The van der Waals surface area contributed by atoms with E-state index in [1.165, 1.54) is 12.1 Å². The molecule has 31 heavy (non-hydrogen) atoms. The maximum Gasteiger partial charge on any atom is 0.285 e. The normalized spacial score (nSPS) is 19.8. The summed E-state index contributed by atoms with van der Waals surface area (Å²) in [5.41, 5.74) is 0.689. The summed E-state index contributed by atoms with van der Waals surface area (Å²) in [7, 11) is 0. The van der Waals surface area contributed by atoms with Crippen LogP contribution in [0.3, 0.4) is 0 Å². The van der Waals surface area contributed by atoms with E-state index in [0.29, 0.717) is 41.7 Å². The van der Waals surface area contributed by atoms with Crippen molar-refractivity contribution in [3.8, 4) is 0 Å². The van der Waals surface area contributed by atoms with Crippen molar-refractivity contribution in [1.29, 1.82) is 0 Å². The minimum Gasteiger partial charge on any atom is -0.335 e. The zero-order valence-electron chi connectivity index (χ0n) is 16.6. The molecule has 1 saturated heterocycles. The van der Waals surface area contributed by atoms with Gasteiger partial charge in [-0.05, 0) is 30.3 Å². The van der Waals surface area contributed by atoms with Crippen LogP contribution in [-0.2, 0) is 13.1 Å². The second kappa shape index (κ2) is 7.90. The number of carbonyl (C=O) groups excluding carboxylic acids is 1. The maximum atomic E-state index is 14.1. The Bertz CT molecular complexity index is 1210. The van der Waals surface area contributed by atoms with E-state index in [9.17, 15) is 14.0 Å². The molecule has 0 aliphatic carbocycles. The van der Waals surface area contributed by atoms with Gasteiger partial charge in [0.2, 0.25) is 0 Å². The number of benzene rings is 2. The van der Waals surface area contributed by atoms with E-state index in [0.717, 1.165) is 6.54 Å². The van der Waals surface area contributed by atoms with Gasteiger partial charge < -0.3 is 9.88 Å². The Hall–Kier alpha value is -3.03. The molecule has 2 aliphatic heterocycles. The van der Waals surface area contributed by atoms with Gasteiger partial charge in [-0.1, -0.05) is 29.8 Å². The number of halogens is 2. The Balaban J connectivity index is 1.33. The van der Waals surface area contributed by atoms with Gasteiger partial charge in [-0.2, -0.15) is 4.98 Å². The topological polar surface area (TPSA) is 67.2 Å². The molecule has 1 fully saturated rings. The molecule has 5 rings (SSSR count). The van der Waals surface area contributed by atoms with Crippen LogP contribution in [0.25, 0.3) is 0 Å². The van der Waals surface area contributed by atoms with Crippen LogP contribution in [0, 0.1) is 11.7 Å². The predicted octanol–water partition coefficient (Wildman–Crippen LogP) is 3.52. The van der Waals surface area contributed by atoms with Crippen molar-refractivity contribution < 1.29 is 9.18 Å². The van der Waals surface area contributed by atoms with Crippen LogP contribution in [0.5, 0.6) is 0 Å². The van der Waals surface area contributed by atoms with Crippen molar-refractivity contribution in [2.45, 2.75) is 19.0 Å². The Morgan fingerprint density at radius 1 is 1.16 bits per heavy atom. The first kappa shape index (κ1) is 19.9. The van der Waals surface area contributed by atoms with E-state index in [2.05, 4.69) is 15.2 Å². The molecule has 2 unspecified atom stereocenters. The van der Waals surface area contributed by atoms with Crippen molar-refractivity contribution in [3.63, 3.8) is 0 Å². The fraction of sp³-hybridized carbons (Fsp3) is 0.261. The number of nitrogens with one attached hydrogen (secondary N) is 1. The van der Waals surface area contributed by atoms with Crippen LogP contribution in [0.2, 0.25) is 5.02 Å². The highest BCUT2D eigenvalue weighted by atomic mass is 35.5. The van der Waals surface area contributed by atoms with Gasteiger partial charge >= 0.3 is 0 Å². The quantitative estimate of drug-likeness (QED) is 0.676. The van der Waals surface area contributed by atoms with Gasteiger partial charge in [0.15, 0.2) is 0 Å². The summed E-state index contributed by atoms with van der Waals surface area (Å²) >= 11 is 6.01. The third kappa shape index (κ3) is 3.86. The number of hydrogen-bond donors (Lipinski definition) is 1. The van der Waals surface area contributed by atoms with Crippen LogP contribution >= 0.6 is 11.6 Å². The fourth-order valence-electron chi connectivity index (χ4n) is 4.55. The molecule has 0 bridgehead atoms. The van der Waals surface area contributed by atoms with Gasteiger partial charge in [0.1, 0.15) is 17.2 Å². The van der Waals surface area contributed by atoms with Crippen molar-refractivity contribution in [2.75, 3.05) is 18.4 Å². The zero-order chi connectivity index (χ0) is 21.5. The van der Waals surface area contributed by atoms with Crippen LogP contribution in [0.15, 0.2) is 59.5 Å². The van der Waals surface area contributed by atoms with Gasteiger partial charge in [-0.25, -0.2) is 4.39 Å². The molecule has 3 aromatic rings. The molecule has 0 saturated carbocycles. The lowest BCUT2D eigenvalue weighted by Gasteiger charge is -2.18. The van der Waals surface area contributed by atoms with Gasteiger partial charge in [0.05, 0.1) is 0 Å². The molecule has 2 aliphatic rings. The monoisotopic (exact) mass is 438 g/mol. The minimum absolute atomic E-state index is 0.0328. The van der Waals surface area contributed by atoms with E-state index < -0.39 is 11.5 Å². The van der Waals surface area contributed by atoms with Gasteiger partial charge in [0.25, 0.3) is 11.5 Å². The molecule has 1 amide bonds. The fourth-order valence-corrected chi connectivity index (χ4v) is 4.74. The van der Waals surface area contributed by atoms with E-state index in [1.54, 1.807) is 24.4 Å². The summed E-state index contributed by atoms with van der Waals surface area (Å²) in [6, 6.07) is 13.6. The summed E-state index contributed by atoms with van der Waals surface area (Å²) in [4.78, 5) is 31.6. The van der Waals surface area contributed by atoms with E-state index in [-0.39, 0.29) is 23.2 Å². The Morgan fingerprint density at radius 2 is 1.97 bits per heavy atom. The lowest BCUT2D eigenvalue weighted by molar-refractivity contribution is 0.102. The van der Waals surface area contributed by atoms with Crippen LogP contribution in [0.1, 0.15) is 27.7 Å². The van der Waals surface area contributed by atoms with E-state index in [1.807, 2.05) is 22.8 Å². The smallest absolute Gasteiger partial charge is 0.285 e. The molecule has 3 heterocycles. The van der Waals surface area contributed by atoms with E-state index in [4.69, 9.17) is 11.6 Å². The lowest BCUT2D eigenvalue weighted by atomic mass is 9.99. The van der Waals surface area contributed by atoms with Crippen LogP contribution in [-0.4, -0.2) is 33.4 Å². The molecule has 0 radical (unpaired) electrons. The summed E-state index contributed by atoms with van der Waals surface area (Å²) in [6.07, 6.45) is 1.61.